The average molecular weight is 288 g/mol. The summed E-state index contributed by atoms with van der Waals surface area (Å²) < 4.78 is 39.1. The van der Waals surface area contributed by atoms with Crippen LogP contribution in [0, 0.1) is 5.82 Å². The second-order valence-electron chi connectivity index (χ2n) is 4.52. The van der Waals surface area contributed by atoms with Gasteiger partial charge in [-0.1, -0.05) is 12.1 Å². The summed E-state index contributed by atoms with van der Waals surface area (Å²) in [6, 6.07) is 5.47. The van der Waals surface area contributed by atoms with E-state index < -0.39 is 10.0 Å². The molecule has 1 aromatic carbocycles. The van der Waals surface area contributed by atoms with Gasteiger partial charge in [0.25, 0.3) is 0 Å². The molecule has 0 heterocycles. The van der Waals surface area contributed by atoms with Gasteiger partial charge in [0.2, 0.25) is 10.0 Å². The van der Waals surface area contributed by atoms with Crippen molar-refractivity contribution >= 4 is 10.0 Å². The minimum absolute atomic E-state index is 0.111. The molecule has 0 aliphatic carbocycles. The first kappa shape index (κ1) is 16.1. The summed E-state index contributed by atoms with van der Waals surface area (Å²) in [5.74, 6) is -0.217. The third-order valence-corrected chi connectivity index (χ3v) is 4.35. The first-order valence-electron chi connectivity index (χ1n) is 6.34. The predicted octanol–water partition coefficient (Wildman–Crippen LogP) is 1.81. The molecule has 19 heavy (non-hydrogen) atoms. The number of benzene rings is 1. The maximum absolute atomic E-state index is 12.8. The van der Waals surface area contributed by atoms with Crippen LogP contribution < -0.4 is 10.0 Å². The highest BCUT2D eigenvalue weighted by Crippen LogP contribution is 2.14. The van der Waals surface area contributed by atoms with Crippen LogP contribution in [0.2, 0.25) is 0 Å². The molecule has 0 saturated carbocycles. The van der Waals surface area contributed by atoms with Gasteiger partial charge in [-0.2, -0.15) is 0 Å². The van der Waals surface area contributed by atoms with Crippen LogP contribution in [0.25, 0.3) is 0 Å². The topological polar surface area (TPSA) is 58.2 Å². The van der Waals surface area contributed by atoms with E-state index in [0.29, 0.717) is 6.42 Å². The molecule has 0 aromatic heterocycles. The monoisotopic (exact) mass is 288 g/mol. The lowest BCUT2D eigenvalue weighted by atomic mass is 10.1. The number of rotatable bonds is 8. The van der Waals surface area contributed by atoms with E-state index in [2.05, 4.69) is 10.0 Å². The van der Waals surface area contributed by atoms with E-state index >= 15 is 0 Å². The molecule has 1 aromatic rings. The third kappa shape index (κ3) is 6.13. The largest absolute Gasteiger partial charge is 0.320 e. The Morgan fingerprint density at radius 2 is 1.84 bits per heavy atom. The predicted molar refractivity (Wildman–Crippen MR) is 74.9 cm³/mol. The fourth-order valence-electron chi connectivity index (χ4n) is 1.74. The summed E-state index contributed by atoms with van der Waals surface area (Å²) in [7, 11) is -1.45. The SMILES string of the molecule is CNCCCCS(=O)(=O)NC(C)c1ccc(F)cc1. The first-order chi connectivity index (χ1) is 8.94. The van der Waals surface area contributed by atoms with Crippen molar-refractivity contribution in [3.8, 4) is 0 Å². The van der Waals surface area contributed by atoms with E-state index in [0.717, 1.165) is 18.5 Å². The first-order valence-corrected chi connectivity index (χ1v) is 8.00. The molecule has 0 bridgehead atoms. The van der Waals surface area contributed by atoms with Crippen molar-refractivity contribution in [2.75, 3.05) is 19.3 Å². The van der Waals surface area contributed by atoms with Crippen LogP contribution in [0.15, 0.2) is 24.3 Å². The van der Waals surface area contributed by atoms with Gasteiger partial charge in [0.15, 0.2) is 0 Å². The molecule has 108 valence electrons. The number of halogens is 1. The van der Waals surface area contributed by atoms with E-state index in [1.807, 2.05) is 7.05 Å². The summed E-state index contributed by atoms with van der Waals surface area (Å²) in [5, 5.41) is 2.98. The van der Waals surface area contributed by atoms with E-state index in [1.165, 1.54) is 12.1 Å². The summed E-state index contributed by atoms with van der Waals surface area (Å²) in [6.07, 6.45) is 1.44. The van der Waals surface area contributed by atoms with Gasteiger partial charge in [0, 0.05) is 6.04 Å². The molecule has 0 amide bonds. The fourth-order valence-corrected chi connectivity index (χ4v) is 3.12. The highest BCUT2D eigenvalue weighted by molar-refractivity contribution is 7.89. The summed E-state index contributed by atoms with van der Waals surface area (Å²) >= 11 is 0. The van der Waals surface area contributed by atoms with Gasteiger partial charge in [-0.05, 0) is 51.1 Å². The number of hydrogen-bond acceptors (Lipinski definition) is 3. The Kier molecular flexibility index (Phi) is 6.41. The van der Waals surface area contributed by atoms with E-state index in [4.69, 9.17) is 0 Å². The molecule has 0 spiro atoms. The van der Waals surface area contributed by atoms with Crippen molar-refractivity contribution in [2.24, 2.45) is 0 Å². The summed E-state index contributed by atoms with van der Waals surface area (Å²) in [6.45, 7) is 2.56. The van der Waals surface area contributed by atoms with Crippen LogP contribution in [0.5, 0.6) is 0 Å². The van der Waals surface area contributed by atoms with Crippen molar-refractivity contribution in [3.05, 3.63) is 35.6 Å². The Hall–Kier alpha value is -0.980. The van der Waals surface area contributed by atoms with Crippen molar-refractivity contribution < 1.29 is 12.8 Å². The second-order valence-corrected chi connectivity index (χ2v) is 6.39. The summed E-state index contributed by atoms with van der Waals surface area (Å²) in [5.41, 5.74) is 0.750. The average Bonchev–Trinajstić information content (AvgIpc) is 2.35. The number of nitrogens with one attached hydrogen (secondary N) is 2. The van der Waals surface area contributed by atoms with Gasteiger partial charge < -0.3 is 5.32 Å². The molecule has 0 fully saturated rings. The second kappa shape index (κ2) is 7.57. The molecule has 1 unspecified atom stereocenters. The normalized spacial score (nSPS) is 13.4. The quantitative estimate of drug-likeness (QED) is 0.717. The Morgan fingerprint density at radius 1 is 1.21 bits per heavy atom. The zero-order valence-electron chi connectivity index (χ0n) is 11.3. The van der Waals surface area contributed by atoms with Crippen LogP contribution in [0.4, 0.5) is 4.39 Å². The van der Waals surface area contributed by atoms with E-state index in [-0.39, 0.29) is 17.6 Å². The molecule has 0 radical (unpaired) electrons. The van der Waals surface area contributed by atoms with Crippen LogP contribution in [0.1, 0.15) is 31.4 Å². The van der Waals surface area contributed by atoms with E-state index in [1.54, 1.807) is 19.1 Å². The molecular weight excluding hydrogens is 267 g/mol. The number of unbranched alkanes of at least 4 members (excludes halogenated alkanes) is 1. The standard InChI is InChI=1S/C13H21FN2O2S/c1-11(12-5-7-13(14)8-6-12)16-19(17,18)10-4-3-9-15-2/h5-8,11,15-16H,3-4,9-10H2,1-2H3. The van der Waals surface area contributed by atoms with Crippen molar-refractivity contribution in [1.29, 1.82) is 0 Å². The number of hydrogen-bond donors (Lipinski definition) is 2. The molecule has 0 saturated heterocycles. The van der Waals surface area contributed by atoms with Crippen molar-refractivity contribution in [3.63, 3.8) is 0 Å². The Bertz CT molecular complexity index is 474. The van der Waals surface area contributed by atoms with Crippen LogP contribution >= 0.6 is 0 Å². The fraction of sp³-hybridized carbons (Fsp3) is 0.538. The maximum atomic E-state index is 12.8. The van der Waals surface area contributed by atoms with Crippen molar-refractivity contribution in [1.82, 2.24) is 10.0 Å². The molecule has 0 aliphatic heterocycles. The summed E-state index contributed by atoms with van der Waals surface area (Å²) in [4.78, 5) is 0. The van der Waals surface area contributed by atoms with Gasteiger partial charge in [-0.25, -0.2) is 17.5 Å². The third-order valence-electron chi connectivity index (χ3n) is 2.82. The van der Waals surface area contributed by atoms with Crippen LogP contribution in [-0.2, 0) is 10.0 Å². The Morgan fingerprint density at radius 3 is 2.42 bits per heavy atom. The Labute approximate surface area is 114 Å². The van der Waals surface area contributed by atoms with Crippen molar-refractivity contribution in [2.45, 2.75) is 25.8 Å². The van der Waals surface area contributed by atoms with Gasteiger partial charge >= 0.3 is 0 Å². The minimum Gasteiger partial charge on any atom is -0.320 e. The van der Waals surface area contributed by atoms with Gasteiger partial charge in [0.1, 0.15) is 5.82 Å². The lowest BCUT2D eigenvalue weighted by Gasteiger charge is -2.14. The highest BCUT2D eigenvalue weighted by atomic mass is 32.2. The van der Waals surface area contributed by atoms with E-state index in [9.17, 15) is 12.8 Å². The Balaban J connectivity index is 2.50. The maximum Gasteiger partial charge on any atom is 0.212 e. The number of sulfonamides is 1. The lowest BCUT2D eigenvalue weighted by Crippen LogP contribution is -2.29. The minimum atomic E-state index is -3.29. The zero-order valence-corrected chi connectivity index (χ0v) is 12.1. The van der Waals surface area contributed by atoms with Gasteiger partial charge in [-0.15, -0.1) is 0 Å². The zero-order chi connectivity index (χ0) is 14.3. The molecule has 2 N–H and O–H groups in total. The molecule has 1 atom stereocenters. The molecular formula is C13H21FN2O2S. The smallest absolute Gasteiger partial charge is 0.212 e. The molecule has 6 heteroatoms. The molecule has 4 nitrogen and oxygen atoms in total. The molecule has 0 aliphatic rings. The highest BCUT2D eigenvalue weighted by Gasteiger charge is 2.15. The van der Waals surface area contributed by atoms with Crippen LogP contribution in [-0.4, -0.2) is 27.8 Å². The molecule has 1 rings (SSSR count). The van der Waals surface area contributed by atoms with Gasteiger partial charge in [0.05, 0.1) is 5.75 Å². The van der Waals surface area contributed by atoms with Gasteiger partial charge in [-0.3, -0.25) is 0 Å². The lowest BCUT2D eigenvalue weighted by molar-refractivity contribution is 0.561. The van der Waals surface area contributed by atoms with Crippen LogP contribution in [0.3, 0.4) is 0 Å².